The Hall–Kier alpha value is -0.390. The van der Waals surface area contributed by atoms with Crippen LogP contribution in [0.4, 0.5) is 0 Å². The van der Waals surface area contributed by atoms with E-state index in [9.17, 15) is 8.42 Å². The molecule has 1 N–H and O–H groups in total. The summed E-state index contributed by atoms with van der Waals surface area (Å²) in [5, 5.41) is 2.71. The molecule has 90 valence electrons. The summed E-state index contributed by atoms with van der Waals surface area (Å²) in [6.07, 6.45) is 2.60. The largest absolute Gasteiger partial charge is 0.315 e. The van der Waals surface area contributed by atoms with Gasteiger partial charge in [0.2, 0.25) is 10.0 Å². The Balaban J connectivity index is 4.25. The first-order chi connectivity index (χ1) is 6.96. The minimum atomic E-state index is -3.18. The first kappa shape index (κ1) is 14.6. The van der Waals surface area contributed by atoms with Gasteiger partial charge in [-0.15, -0.1) is 6.58 Å². The topological polar surface area (TPSA) is 49.4 Å². The summed E-state index contributed by atoms with van der Waals surface area (Å²) in [5.41, 5.74) is 0. The van der Waals surface area contributed by atoms with Crippen LogP contribution in [0.5, 0.6) is 0 Å². The van der Waals surface area contributed by atoms with Crippen molar-refractivity contribution in [3.63, 3.8) is 0 Å². The molecule has 0 aliphatic heterocycles. The van der Waals surface area contributed by atoms with E-state index in [-0.39, 0.29) is 0 Å². The molecular weight excluding hydrogens is 212 g/mol. The Morgan fingerprint density at radius 2 is 2.13 bits per heavy atom. The number of hydrogen-bond donors (Lipinski definition) is 1. The highest BCUT2D eigenvalue weighted by Gasteiger charge is 2.24. The van der Waals surface area contributed by atoms with E-state index >= 15 is 0 Å². The van der Waals surface area contributed by atoms with Crippen molar-refractivity contribution in [1.82, 2.24) is 9.62 Å². The van der Waals surface area contributed by atoms with Crippen LogP contribution in [-0.4, -0.2) is 44.7 Å². The van der Waals surface area contributed by atoms with Crippen LogP contribution in [0, 0.1) is 0 Å². The van der Waals surface area contributed by atoms with Crippen molar-refractivity contribution in [2.75, 3.05) is 26.7 Å². The highest BCUT2D eigenvalue weighted by molar-refractivity contribution is 7.89. The molecule has 5 heteroatoms. The van der Waals surface area contributed by atoms with Gasteiger partial charge in [-0.25, -0.2) is 12.7 Å². The zero-order valence-electron chi connectivity index (χ0n) is 9.86. The molecule has 0 aliphatic carbocycles. The van der Waals surface area contributed by atoms with Crippen LogP contribution in [0.25, 0.3) is 0 Å². The zero-order chi connectivity index (χ0) is 11.9. The predicted octanol–water partition coefficient (Wildman–Crippen LogP) is 0.822. The second kappa shape index (κ2) is 6.98. The monoisotopic (exact) mass is 234 g/mol. The summed E-state index contributed by atoms with van der Waals surface area (Å²) < 4.78 is 25.0. The van der Waals surface area contributed by atoms with E-state index in [2.05, 4.69) is 18.8 Å². The van der Waals surface area contributed by atoms with Gasteiger partial charge in [-0.05, 0) is 19.9 Å². The predicted molar refractivity (Wildman–Crippen MR) is 64.4 cm³/mol. The van der Waals surface area contributed by atoms with Gasteiger partial charge in [0.15, 0.2) is 0 Å². The molecule has 0 fully saturated rings. The standard InChI is InChI=1S/C10H22N2O2S/c1-5-7-11-9-10(3)15(13,14)12(4)8-6-2/h6,10-11H,2,5,7-9H2,1,3-4H3. The van der Waals surface area contributed by atoms with Gasteiger partial charge in [-0.1, -0.05) is 13.0 Å². The summed E-state index contributed by atoms with van der Waals surface area (Å²) in [4.78, 5) is 0. The fraction of sp³-hybridized carbons (Fsp3) is 0.800. The number of hydrogen-bond acceptors (Lipinski definition) is 3. The van der Waals surface area contributed by atoms with Gasteiger partial charge >= 0.3 is 0 Å². The van der Waals surface area contributed by atoms with Crippen LogP contribution in [0.2, 0.25) is 0 Å². The van der Waals surface area contributed by atoms with E-state index in [4.69, 9.17) is 0 Å². The van der Waals surface area contributed by atoms with Crippen LogP contribution in [-0.2, 0) is 10.0 Å². The molecule has 1 unspecified atom stereocenters. The zero-order valence-corrected chi connectivity index (χ0v) is 10.7. The van der Waals surface area contributed by atoms with Crippen molar-refractivity contribution < 1.29 is 8.42 Å². The Labute approximate surface area is 93.4 Å². The molecule has 0 aromatic rings. The normalized spacial score (nSPS) is 14.1. The fourth-order valence-electron chi connectivity index (χ4n) is 1.18. The second-order valence-electron chi connectivity index (χ2n) is 3.63. The lowest BCUT2D eigenvalue weighted by Gasteiger charge is -2.20. The maximum Gasteiger partial charge on any atom is 0.217 e. The van der Waals surface area contributed by atoms with Crippen molar-refractivity contribution in [2.24, 2.45) is 0 Å². The molecule has 0 amide bonds. The van der Waals surface area contributed by atoms with E-state index in [0.29, 0.717) is 13.1 Å². The first-order valence-corrected chi connectivity index (χ1v) is 6.73. The smallest absolute Gasteiger partial charge is 0.217 e. The average Bonchev–Trinajstić information content (AvgIpc) is 2.18. The molecular formula is C10H22N2O2S. The molecule has 0 heterocycles. The third kappa shape index (κ3) is 4.77. The summed E-state index contributed by atoms with van der Waals surface area (Å²) >= 11 is 0. The highest BCUT2D eigenvalue weighted by atomic mass is 32.2. The number of sulfonamides is 1. The molecule has 0 aliphatic rings. The van der Waals surface area contributed by atoms with Crippen LogP contribution < -0.4 is 5.32 Å². The van der Waals surface area contributed by atoms with Gasteiger partial charge in [0.25, 0.3) is 0 Å². The van der Waals surface area contributed by atoms with E-state index in [0.717, 1.165) is 13.0 Å². The van der Waals surface area contributed by atoms with Crippen molar-refractivity contribution in [2.45, 2.75) is 25.5 Å². The molecule has 0 rings (SSSR count). The van der Waals surface area contributed by atoms with Gasteiger partial charge in [0, 0.05) is 20.1 Å². The minimum absolute atomic E-state index is 0.362. The number of nitrogens with one attached hydrogen (secondary N) is 1. The van der Waals surface area contributed by atoms with Crippen LogP contribution in [0.3, 0.4) is 0 Å². The van der Waals surface area contributed by atoms with Crippen molar-refractivity contribution >= 4 is 10.0 Å². The molecule has 0 aromatic carbocycles. The van der Waals surface area contributed by atoms with Gasteiger partial charge in [-0.2, -0.15) is 0 Å². The van der Waals surface area contributed by atoms with Crippen LogP contribution in [0.1, 0.15) is 20.3 Å². The van der Waals surface area contributed by atoms with Crippen LogP contribution in [0.15, 0.2) is 12.7 Å². The lowest BCUT2D eigenvalue weighted by molar-refractivity contribution is 0.482. The fourth-order valence-corrected chi connectivity index (χ4v) is 2.44. The van der Waals surface area contributed by atoms with E-state index in [1.807, 2.05) is 0 Å². The molecule has 1 atom stereocenters. The average molecular weight is 234 g/mol. The lowest BCUT2D eigenvalue weighted by atomic mass is 10.4. The highest BCUT2D eigenvalue weighted by Crippen LogP contribution is 2.05. The molecule has 0 bridgehead atoms. The molecule has 0 saturated carbocycles. The molecule has 4 nitrogen and oxygen atoms in total. The third-order valence-electron chi connectivity index (χ3n) is 2.19. The number of likely N-dealkylation sites (N-methyl/N-ethyl adjacent to an activating group) is 1. The van der Waals surface area contributed by atoms with Gasteiger partial charge in [-0.3, -0.25) is 0 Å². The summed E-state index contributed by atoms with van der Waals surface area (Å²) in [6, 6.07) is 0. The Morgan fingerprint density at radius 3 is 2.60 bits per heavy atom. The van der Waals surface area contributed by atoms with Gasteiger partial charge < -0.3 is 5.32 Å². The van der Waals surface area contributed by atoms with E-state index in [1.165, 1.54) is 4.31 Å². The SMILES string of the molecule is C=CCN(C)S(=O)(=O)C(C)CNCCC. The van der Waals surface area contributed by atoms with Crippen molar-refractivity contribution in [1.29, 1.82) is 0 Å². The summed E-state index contributed by atoms with van der Waals surface area (Å²) in [7, 11) is -1.61. The van der Waals surface area contributed by atoms with Crippen molar-refractivity contribution in [3.8, 4) is 0 Å². The first-order valence-electron chi connectivity index (χ1n) is 5.23. The molecule has 15 heavy (non-hydrogen) atoms. The van der Waals surface area contributed by atoms with Crippen molar-refractivity contribution in [3.05, 3.63) is 12.7 Å². The summed E-state index contributed by atoms with van der Waals surface area (Å²) in [5.74, 6) is 0. The van der Waals surface area contributed by atoms with Crippen LogP contribution >= 0.6 is 0 Å². The molecule has 0 aromatic heterocycles. The third-order valence-corrected chi connectivity index (χ3v) is 4.39. The Bertz CT molecular complexity index is 275. The van der Waals surface area contributed by atoms with Gasteiger partial charge in [0.1, 0.15) is 0 Å². The van der Waals surface area contributed by atoms with E-state index in [1.54, 1.807) is 20.0 Å². The second-order valence-corrected chi connectivity index (χ2v) is 6.09. The number of rotatable bonds is 8. The molecule has 0 spiro atoms. The number of nitrogens with zero attached hydrogens (tertiary/aromatic N) is 1. The summed E-state index contributed by atoms with van der Waals surface area (Å²) in [6.45, 7) is 9.01. The van der Waals surface area contributed by atoms with E-state index < -0.39 is 15.3 Å². The molecule has 0 saturated heterocycles. The Morgan fingerprint density at radius 1 is 1.53 bits per heavy atom. The maximum atomic E-state index is 11.9. The quantitative estimate of drug-likeness (QED) is 0.500. The lowest BCUT2D eigenvalue weighted by Crippen LogP contribution is -2.40. The van der Waals surface area contributed by atoms with Gasteiger partial charge in [0.05, 0.1) is 5.25 Å². The molecule has 0 radical (unpaired) electrons. The maximum absolute atomic E-state index is 11.9. The Kier molecular flexibility index (Phi) is 6.80. The minimum Gasteiger partial charge on any atom is -0.315 e.